The molecule has 0 fully saturated rings. The van der Waals surface area contributed by atoms with E-state index in [0.29, 0.717) is 32.5 Å². The number of nitrogens with one attached hydrogen (secondary N) is 2. The number of ether oxygens (including phenoxy) is 2. The number of hydrogen-bond acceptors (Lipinski definition) is 8. The van der Waals surface area contributed by atoms with E-state index in [-0.39, 0.29) is 6.61 Å². The Balaban J connectivity index is 1.33. The summed E-state index contributed by atoms with van der Waals surface area (Å²) in [5, 5.41) is 7.17. The van der Waals surface area contributed by atoms with Crippen LogP contribution in [0, 0.1) is 0 Å². The lowest BCUT2D eigenvalue weighted by molar-refractivity contribution is -0.136. The third kappa shape index (κ3) is 6.64. The van der Waals surface area contributed by atoms with Crippen LogP contribution < -0.4 is 15.5 Å². The van der Waals surface area contributed by atoms with Crippen molar-refractivity contribution in [2.75, 3.05) is 11.9 Å². The molecule has 38 heavy (non-hydrogen) atoms. The second kappa shape index (κ2) is 12.5. The van der Waals surface area contributed by atoms with Gasteiger partial charge in [-0.25, -0.2) is 15.0 Å². The zero-order chi connectivity index (χ0) is 27.1. The molecule has 1 aliphatic rings. The molecule has 0 radical (unpaired) electrons. The van der Waals surface area contributed by atoms with Gasteiger partial charge in [0.1, 0.15) is 10.8 Å². The van der Waals surface area contributed by atoms with Crippen LogP contribution in [0.4, 0.5) is 5.00 Å². The molecule has 1 aromatic heterocycles. The van der Waals surface area contributed by atoms with Crippen molar-refractivity contribution in [3.05, 3.63) is 80.7 Å². The highest BCUT2D eigenvalue weighted by molar-refractivity contribution is 7.17. The smallest absolute Gasteiger partial charge is 0.343 e. The molecule has 2 amide bonds. The van der Waals surface area contributed by atoms with Crippen molar-refractivity contribution in [2.24, 2.45) is 5.10 Å². The van der Waals surface area contributed by atoms with E-state index in [1.165, 1.54) is 17.6 Å². The molecule has 196 valence electrons. The summed E-state index contributed by atoms with van der Waals surface area (Å²) < 4.78 is 10.5. The number of hydrazone groups is 1. The second-order valence-corrected chi connectivity index (χ2v) is 9.80. The van der Waals surface area contributed by atoms with Gasteiger partial charge in [0.05, 0.1) is 23.9 Å². The molecule has 0 saturated heterocycles. The summed E-state index contributed by atoms with van der Waals surface area (Å²) in [5.74, 6) is -2.66. The predicted octanol–water partition coefficient (Wildman–Crippen LogP) is 4.77. The van der Waals surface area contributed by atoms with Crippen LogP contribution in [-0.4, -0.2) is 36.6 Å². The molecule has 0 saturated carbocycles. The van der Waals surface area contributed by atoms with Gasteiger partial charge in [-0.05, 0) is 92.3 Å². The van der Waals surface area contributed by atoms with Gasteiger partial charge >= 0.3 is 23.8 Å². The average molecular weight is 554 g/mol. The third-order valence-corrected chi connectivity index (χ3v) is 7.09. The molecule has 2 N–H and O–H groups in total. The summed E-state index contributed by atoms with van der Waals surface area (Å²) in [4.78, 5) is 50.5. The first-order chi connectivity index (χ1) is 18.4. The molecule has 1 aliphatic carbocycles. The first-order valence-corrected chi connectivity index (χ1v) is 13.1. The van der Waals surface area contributed by atoms with Gasteiger partial charge in [-0.2, -0.15) is 5.10 Å². The van der Waals surface area contributed by atoms with Crippen molar-refractivity contribution in [3.8, 4) is 5.75 Å². The van der Waals surface area contributed by atoms with Gasteiger partial charge in [0.15, 0.2) is 0 Å². The van der Waals surface area contributed by atoms with Crippen molar-refractivity contribution in [3.63, 3.8) is 0 Å². The van der Waals surface area contributed by atoms with E-state index in [2.05, 4.69) is 15.8 Å². The van der Waals surface area contributed by atoms with Crippen molar-refractivity contribution in [1.29, 1.82) is 0 Å². The van der Waals surface area contributed by atoms with Crippen LogP contribution in [0.15, 0.2) is 53.6 Å². The number of hydrogen-bond donors (Lipinski definition) is 2. The zero-order valence-electron chi connectivity index (χ0n) is 20.4. The first kappa shape index (κ1) is 27.0. The number of carbonyl (C=O) groups excluding carboxylic acids is 4. The summed E-state index contributed by atoms with van der Waals surface area (Å²) in [6.07, 6.45) is 4.84. The van der Waals surface area contributed by atoms with E-state index >= 15 is 0 Å². The van der Waals surface area contributed by atoms with E-state index in [1.54, 1.807) is 55.5 Å². The number of carbonyl (C=O) groups is 4. The molecular formula is C27H24ClN3O6S. The SMILES string of the molecule is CCOC(=O)c1c(NC(=O)C(=O)NN=Cc2ccc(OC(=O)c3ccc(Cl)cc3)cc2)sc2c1CCCC2. The van der Waals surface area contributed by atoms with Gasteiger partial charge < -0.3 is 14.8 Å². The van der Waals surface area contributed by atoms with Gasteiger partial charge in [-0.15, -0.1) is 11.3 Å². The fraction of sp³-hybridized carbons (Fsp3) is 0.222. The monoisotopic (exact) mass is 553 g/mol. The molecule has 2 aromatic carbocycles. The number of halogens is 1. The van der Waals surface area contributed by atoms with Crippen LogP contribution in [0.1, 0.15) is 56.5 Å². The number of rotatable bonds is 7. The Labute approximate surface area is 227 Å². The number of anilines is 1. The molecule has 0 spiro atoms. The Morgan fingerprint density at radius 2 is 1.68 bits per heavy atom. The minimum atomic E-state index is -0.990. The summed E-state index contributed by atoms with van der Waals surface area (Å²) in [6, 6.07) is 12.7. The van der Waals surface area contributed by atoms with Gasteiger partial charge in [-0.1, -0.05) is 11.6 Å². The molecule has 4 rings (SSSR count). The number of nitrogens with zero attached hydrogens (tertiary/aromatic N) is 1. The minimum Gasteiger partial charge on any atom is -0.462 e. The lowest BCUT2D eigenvalue weighted by Gasteiger charge is -2.12. The topological polar surface area (TPSA) is 123 Å². The maximum absolute atomic E-state index is 12.5. The van der Waals surface area contributed by atoms with Crippen LogP contribution in [0.2, 0.25) is 5.02 Å². The van der Waals surface area contributed by atoms with Crippen LogP contribution in [0.25, 0.3) is 0 Å². The normalized spacial score (nSPS) is 12.5. The lowest BCUT2D eigenvalue weighted by Crippen LogP contribution is -2.32. The summed E-state index contributed by atoms with van der Waals surface area (Å²) in [6.45, 7) is 1.92. The van der Waals surface area contributed by atoms with Gasteiger partial charge in [0.25, 0.3) is 0 Å². The van der Waals surface area contributed by atoms with Gasteiger partial charge in [0.2, 0.25) is 0 Å². The molecular weight excluding hydrogens is 530 g/mol. The lowest BCUT2D eigenvalue weighted by atomic mass is 9.95. The molecule has 0 unspecified atom stereocenters. The Kier molecular flexibility index (Phi) is 8.88. The molecule has 1 heterocycles. The van der Waals surface area contributed by atoms with Crippen LogP contribution in [-0.2, 0) is 27.2 Å². The van der Waals surface area contributed by atoms with Crippen molar-refractivity contribution < 1.29 is 28.7 Å². The van der Waals surface area contributed by atoms with E-state index in [1.807, 2.05) is 0 Å². The maximum Gasteiger partial charge on any atom is 0.343 e. The molecule has 0 atom stereocenters. The number of aryl methyl sites for hydroxylation is 1. The van der Waals surface area contributed by atoms with E-state index < -0.39 is 23.8 Å². The van der Waals surface area contributed by atoms with Crippen LogP contribution >= 0.6 is 22.9 Å². The average Bonchev–Trinajstić information content (AvgIpc) is 3.28. The van der Waals surface area contributed by atoms with Gasteiger partial charge in [0, 0.05) is 9.90 Å². The molecule has 11 heteroatoms. The largest absolute Gasteiger partial charge is 0.462 e. The number of fused-ring (bicyclic) bond motifs is 1. The number of esters is 2. The minimum absolute atomic E-state index is 0.206. The van der Waals surface area contributed by atoms with Crippen molar-refractivity contribution >= 4 is 57.9 Å². The first-order valence-electron chi connectivity index (χ1n) is 11.9. The highest BCUT2D eigenvalue weighted by Gasteiger charge is 2.28. The van der Waals surface area contributed by atoms with E-state index in [9.17, 15) is 19.2 Å². The highest BCUT2D eigenvalue weighted by atomic mass is 35.5. The Morgan fingerprint density at radius 3 is 2.39 bits per heavy atom. The van der Waals surface area contributed by atoms with Crippen molar-refractivity contribution in [2.45, 2.75) is 32.6 Å². The van der Waals surface area contributed by atoms with Gasteiger partial charge in [-0.3, -0.25) is 9.59 Å². The van der Waals surface area contributed by atoms with Crippen LogP contribution in [0.3, 0.4) is 0 Å². The summed E-state index contributed by atoms with van der Waals surface area (Å²) >= 11 is 7.12. The third-order valence-electron chi connectivity index (χ3n) is 5.63. The highest BCUT2D eigenvalue weighted by Crippen LogP contribution is 2.38. The fourth-order valence-corrected chi connectivity index (χ4v) is 5.22. The Bertz CT molecular complexity index is 1380. The molecule has 0 bridgehead atoms. The maximum atomic E-state index is 12.5. The molecule has 0 aliphatic heterocycles. The molecule has 3 aromatic rings. The fourth-order valence-electron chi connectivity index (χ4n) is 3.82. The number of thiophene rings is 1. The molecule has 9 nitrogen and oxygen atoms in total. The summed E-state index contributed by atoms with van der Waals surface area (Å²) in [5.41, 5.74) is 4.33. The van der Waals surface area contributed by atoms with E-state index in [0.717, 1.165) is 36.1 Å². The Morgan fingerprint density at radius 1 is 0.974 bits per heavy atom. The van der Waals surface area contributed by atoms with Crippen LogP contribution in [0.5, 0.6) is 5.75 Å². The van der Waals surface area contributed by atoms with E-state index in [4.69, 9.17) is 21.1 Å². The quantitative estimate of drug-likeness (QED) is 0.143. The summed E-state index contributed by atoms with van der Waals surface area (Å²) in [7, 11) is 0. The predicted molar refractivity (Wildman–Crippen MR) is 144 cm³/mol. The second-order valence-electron chi connectivity index (χ2n) is 8.25. The standard InChI is InChI=1S/C27H24ClN3O6S/c1-2-36-27(35)22-20-5-3-4-6-21(20)38-25(22)30-23(32)24(33)31-29-15-16-7-13-19(14-8-16)37-26(34)17-9-11-18(28)12-10-17/h7-15H,2-6H2,1H3,(H,30,32)(H,31,33). The number of amides is 2. The number of benzene rings is 2. The zero-order valence-corrected chi connectivity index (χ0v) is 22.0. The van der Waals surface area contributed by atoms with Crippen molar-refractivity contribution in [1.82, 2.24) is 5.43 Å². The Hall–Kier alpha value is -4.02.